The Morgan fingerprint density at radius 3 is 2.14 bits per heavy atom. The van der Waals surface area contributed by atoms with E-state index in [1.165, 1.54) is 16.7 Å². The van der Waals surface area contributed by atoms with Crippen LogP contribution in [0.25, 0.3) is 0 Å². The maximum absolute atomic E-state index is 12.9. The van der Waals surface area contributed by atoms with Crippen molar-refractivity contribution in [2.75, 3.05) is 21.2 Å². The number of hydrogen-bond acceptors (Lipinski definition) is 3. The van der Waals surface area contributed by atoms with Gasteiger partial charge in [0.05, 0.1) is 12.8 Å². The Bertz CT molecular complexity index is 660. The Hall–Kier alpha value is -1.77. The summed E-state index contributed by atoms with van der Waals surface area (Å²) in [6.07, 6.45) is 14.3. The van der Waals surface area contributed by atoms with E-state index in [2.05, 4.69) is 52.8 Å². The van der Waals surface area contributed by atoms with Gasteiger partial charge < -0.3 is 9.64 Å². The second-order valence-electron chi connectivity index (χ2n) is 8.91. The quantitative estimate of drug-likeness (QED) is 0.355. The minimum atomic E-state index is 0.0647. The first-order valence-corrected chi connectivity index (χ1v) is 11.1. The van der Waals surface area contributed by atoms with E-state index in [-0.39, 0.29) is 11.7 Å². The maximum atomic E-state index is 12.9. The molecule has 2 atom stereocenters. The van der Waals surface area contributed by atoms with E-state index in [1.807, 2.05) is 19.0 Å². The van der Waals surface area contributed by atoms with Crippen LogP contribution in [0.1, 0.15) is 79.6 Å². The molecule has 0 fully saturated rings. The van der Waals surface area contributed by atoms with Crippen molar-refractivity contribution < 1.29 is 9.53 Å². The van der Waals surface area contributed by atoms with E-state index in [1.54, 1.807) is 7.11 Å². The summed E-state index contributed by atoms with van der Waals surface area (Å²) >= 11 is 0. The first-order chi connectivity index (χ1) is 13.7. The average Bonchev–Trinajstić information content (AvgIpc) is 2.65. The topological polar surface area (TPSA) is 29.5 Å². The number of allylic oxidation sites excluding steroid dienone is 8. The van der Waals surface area contributed by atoms with Gasteiger partial charge in [-0.15, -0.1) is 0 Å². The van der Waals surface area contributed by atoms with E-state index in [0.29, 0.717) is 11.7 Å². The molecular formula is C26H43NO2. The number of carbonyl (C=O) groups is 1. The van der Waals surface area contributed by atoms with Crippen LogP contribution in [0.3, 0.4) is 0 Å². The van der Waals surface area contributed by atoms with E-state index in [0.717, 1.165) is 50.6 Å². The zero-order valence-electron chi connectivity index (χ0n) is 20.1. The summed E-state index contributed by atoms with van der Waals surface area (Å²) in [6, 6.07) is 0. The van der Waals surface area contributed by atoms with Gasteiger partial charge in [0.15, 0.2) is 5.76 Å². The standard InChI is InChI=1S/C26H43NO2/c1-9-23-22(18-24(27(6)7)26(29-8)25(23)28)17-16-21(5)15-11-14-20(4)13-10-12-19(2)3/h12,14,16,22-23H,9-11,13,15,17-18H2,1-8H3/b20-14+,21-16+/t22-,23?/m1/s1. The Balaban J connectivity index is 2.67. The summed E-state index contributed by atoms with van der Waals surface area (Å²) in [5.74, 6) is 1.17. The number of rotatable bonds is 11. The fourth-order valence-corrected chi connectivity index (χ4v) is 4.07. The van der Waals surface area contributed by atoms with Crippen LogP contribution >= 0.6 is 0 Å². The van der Waals surface area contributed by atoms with Gasteiger partial charge in [0.25, 0.3) is 0 Å². The Kier molecular flexibility index (Phi) is 11.1. The van der Waals surface area contributed by atoms with Crippen LogP contribution in [0.2, 0.25) is 0 Å². The van der Waals surface area contributed by atoms with E-state index >= 15 is 0 Å². The van der Waals surface area contributed by atoms with Crippen LogP contribution in [0.5, 0.6) is 0 Å². The summed E-state index contributed by atoms with van der Waals surface area (Å²) < 4.78 is 5.46. The third-order valence-electron chi connectivity index (χ3n) is 5.92. The molecule has 0 saturated heterocycles. The number of hydrogen-bond donors (Lipinski definition) is 0. The highest BCUT2D eigenvalue weighted by atomic mass is 16.5. The molecule has 0 saturated carbocycles. The summed E-state index contributed by atoms with van der Waals surface area (Å²) in [5.41, 5.74) is 5.34. The van der Waals surface area contributed by atoms with Crippen molar-refractivity contribution in [2.45, 2.75) is 79.6 Å². The van der Waals surface area contributed by atoms with Gasteiger partial charge in [0, 0.05) is 20.0 Å². The highest BCUT2D eigenvalue weighted by Crippen LogP contribution is 2.37. The molecule has 0 heterocycles. The Labute approximate surface area is 179 Å². The van der Waals surface area contributed by atoms with Gasteiger partial charge in [-0.3, -0.25) is 4.79 Å². The van der Waals surface area contributed by atoms with Gasteiger partial charge in [-0.2, -0.15) is 0 Å². The molecule has 0 aliphatic heterocycles. The third kappa shape index (κ3) is 8.24. The van der Waals surface area contributed by atoms with Crippen LogP contribution < -0.4 is 0 Å². The first kappa shape index (κ1) is 25.3. The number of methoxy groups -OCH3 is 1. The molecule has 164 valence electrons. The molecule has 1 aliphatic rings. The number of Topliss-reactive ketones (excluding diaryl/α,β-unsaturated/α-hetero) is 1. The smallest absolute Gasteiger partial charge is 0.202 e. The lowest BCUT2D eigenvalue weighted by atomic mass is 9.76. The summed E-state index contributed by atoms with van der Waals surface area (Å²) in [6.45, 7) is 10.9. The molecule has 1 unspecified atom stereocenters. The van der Waals surface area contributed by atoms with Crippen LogP contribution in [-0.2, 0) is 9.53 Å². The van der Waals surface area contributed by atoms with Crippen LogP contribution in [0, 0.1) is 11.8 Å². The predicted molar refractivity (Wildman–Crippen MR) is 125 cm³/mol. The highest BCUT2D eigenvalue weighted by Gasteiger charge is 2.37. The molecule has 0 amide bonds. The van der Waals surface area contributed by atoms with Crippen LogP contribution in [-0.4, -0.2) is 31.9 Å². The second-order valence-corrected chi connectivity index (χ2v) is 8.91. The van der Waals surface area contributed by atoms with Gasteiger partial charge in [-0.05, 0) is 78.6 Å². The van der Waals surface area contributed by atoms with Crippen molar-refractivity contribution in [3.8, 4) is 0 Å². The first-order valence-electron chi connectivity index (χ1n) is 11.1. The summed E-state index contributed by atoms with van der Waals surface area (Å²) in [7, 11) is 5.61. The van der Waals surface area contributed by atoms with E-state index < -0.39 is 0 Å². The van der Waals surface area contributed by atoms with E-state index in [4.69, 9.17) is 4.74 Å². The van der Waals surface area contributed by atoms with Crippen molar-refractivity contribution in [2.24, 2.45) is 11.8 Å². The van der Waals surface area contributed by atoms with Crippen molar-refractivity contribution in [3.63, 3.8) is 0 Å². The van der Waals surface area contributed by atoms with Gasteiger partial charge in [-0.25, -0.2) is 0 Å². The predicted octanol–water partition coefficient (Wildman–Crippen LogP) is 6.83. The van der Waals surface area contributed by atoms with Gasteiger partial charge in [0.1, 0.15) is 0 Å². The minimum Gasteiger partial charge on any atom is -0.491 e. The lowest BCUT2D eigenvalue weighted by Gasteiger charge is -2.34. The number of ether oxygens (including phenoxy) is 1. The number of ketones is 1. The van der Waals surface area contributed by atoms with Gasteiger partial charge in [-0.1, -0.05) is 41.9 Å². The molecule has 0 radical (unpaired) electrons. The van der Waals surface area contributed by atoms with Crippen molar-refractivity contribution in [1.29, 1.82) is 0 Å². The third-order valence-corrected chi connectivity index (χ3v) is 5.92. The lowest BCUT2D eigenvalue weighted by Crippen LogP contribution is -2.34. The molecule has 0 bridgehead atoms. The van der Waals surface area contributed by atoms with Gasteiger partial charge in [0.2, 0.25) is 5.78 Å². The number of nitrogens with zero attached hydrogens (tertiary/aromatic N) is 1. The fourth-order valence-electron chi connectivity index (χ4n) is 4.07. The van der Waals surface area contributed by atoms with Crippen molar-refractivity contribution >= 4 is 5.78 Å². The maximum Gasteiger partial charge on any atom is 0.202 e. The molecule has 29 heavy (non-hydrogen) atoms. The average molecular weight is 402 g/mol. The Morgan fingerprint density at radius 2 is 1.62 bits per heavy atom. The minimum absolute atomic E-state index is 0.0647. The zero-order chi connectivity index (χ0) is 22.0. The Morgan fingerprint density at radius 1 is 1.03 bits per heavy atom. The number of carbonyl (C=O) groups excluding carboxylic acids is 1. The molecule has 0 N–H and O–H groups in total. The fraction of sp³-hybridized carbons (Fsp3) is 0.654. The largest absolute Gasteiger partial charge is 0.491 e. The van der Waals surface area contributed by atoms with E-state index in [9.17, 15) is 4.79 Å². The molecule has 3 nitrogen and oxygen atoms in total. The monoisotopic (exact) mass is 401 g/mol. The SMILES string of the molecule is CCC1C(=O)C(OC)=C(N(C)C)C[C@H]1C/C=C(\C)CC/C=C(\C)CCC=C(C)C. The molecular weight excluding hydrogens is 358 g/mol. The van der Waals surface area contributed by atoms with Crippen molar-refractivity contribution in [1.82, 2.24) is 4.90 Å². The van der Waals surface area contributed by atoms with Crippen LogP contribution in [0.4, 0.5) is 0 Å². The lowest BCUT2D eigenvalue weighted by molar-refractivity contribution is -0.125. The van der Waals surface area contributed by atoms with Crippen molar-refractivity contribution in [3.05, 3.63) is 46.4 Å². The molecule has 0 aromatic rings. The zero-order valence-corrected chi connectivity index (χ0v) is 20.1. The molecule has 0 aromatic heterocycles. The molecule has 1 aliphatic carbocycles. The highest BCUT2D eigenvalue weighted by molar-refractivity contribution is 5.97. The molecule has 3 heteroatoms. The molecule has 0 spiro atoms. The van der Waals surface area contributed by atoms with Gasteiger partial charge >= 0.3 is 0 Å². The summed E-state index contributed by atoms with van der Waals surface area (Å²) in [5, 5.41) is 0. The molecule has 1 rings (SSSR count). The molecule has 0 aromatic carbocycles. The summed E-state index contributed by atoms with van der Waals surface area (Å²) in [4.78, 5) is 14.9. The second kappa shape index (κ2) is 12.7. The van der Waals surface area contributed by atoms with Crippen LogP contribution in [0.15, 0.2) is 46.4 Å². The normalized spacial score (nSPS) is 20.8.